The average Bonchev–Trinajstić information content (AvgIpc) is 2.86. The molecule has 4 rings (SSSR count). The second kappa shape index (κ2) is 11.0. The Kier molecular flexibility index (Phi) is 7.45. The molecule has 3 aromatic carbocycles. The summed E-state index contributed by atoms with van der Waals surface area (Å²) in [7, 11) is 0. The highest BCUT2D eigenvalue weighted by atomic mass is 16.6. The number of urea groups is 1. The van der Waals surface area contributed by atoms with Gasteiger partial charge in [0.2, 0.25) is 0 Å². The van der Waals surface area contributed by atoms with Crippen LogP contribution >= 0.6 is 0 Å². The molecule has 1 aliphatic rings. The molecule has 0 aromatic heterocycles. The Hall–Kier alpha value is -4.26. The fourth-order valence-electron chi connectivity index (χ4n) is 3.60. The van der Waals surface area contributed by atoms with Crippen molar-refractivity contribution in [2.75, 3.05) is 13.2 Å². The lowest BCUT2D eigenvalue weighted by Gasteiger charge is -2.28. The highest BCUT2D eigenvalue weighted by Crippen LogP contribution is 2.29. The van der Waals surface area contributed by atoms with Crippen LogP contribution in [0.5, 0.6) is 11.5 Å². The number of para-hydroxylation sites is 1. The molecule has 0 unspecified atom stereocenters. The number of allylic oxidation sites excluding steroid dienone is 1. The van der Waals surface area contributed by atoms with E-state index in [9.17, 15) is 9.59 Å². The van der Waals surface area contributed by atoms with Crippen molar-refractivity contribution < 1.29 is 23.8 Å². The number of hydrogen-bond donors (Lipinski definition) is 2. The topological polar surface area (TPSA) is 85.9 Å². The molecule has 3 aromatic rings. The van der Waals surface area contributed by atoms with Crippen molar-refractivity contribution >= 4 is 12.0 Å². The highest BCUT2D eigenvalue weighted by Gasteiger charge is 2.32. The molecule has 7 heteroatoms. The fourth-order valence-corrected chi connectivity index (χ4v) is 3.60. The summed E-state index contributed by atoms with van der Waals surface area (Å²) >= 11 is 0. The zero-order chi connectivity index (χ0) is 23.8. The van der Waals surface area contributed by atoms with Gasteiger partial charge in [0.05, 0.1) is 11.6 Å². The molecule has 0 radical (unpaired) electrons. The largest absolute Gasteiger partial charge is 0.490 e. The molecule has 34 heavy (non-hydrogen) atoms. The van der Waals surface area contributed by atoms with Crippen LogP contribution < -0.4 is 20.1 Å². The smallest absolute Gasteiger partial charge is 0.338 e. The maximum atomic E-state index is 12.9. The van der Waals surface area contributed by atoms with Gasteiger partial charge >= 0.3 is 12.0 Å². The normalized spacial score (nSPS) is 15.2. The molecule has 1 heterocycles. The summed E-state index contributed by atoms with van der Waals surface area (Å²) in [4.78, 5) is 25.0. The van der Waals surface area contributed by atoms with E-state index >= 15 is 0 Å². The summed E-state index contributed by atoms with van der Waals surface area (Å²) < 4.78 is 16.8. The number of benzene rings is 3. The molecular formula is C27H26N2O5. The minimum Gasteiger partial charge on any atom is -0.490 e. The van der Waals surface area contributed by atoms with Crippen molar-refractivity contribution in [3.63, 3.8) is 0 Å². The van der Waals surface area contributed by atoms with Crippen molar-refractivity contribution in [3.8, 4) is 11.5 Å². The fraction of sp³-hybridized carbons (Fsp3) is 0.185. The van der Waals surface area contributed by atoms with Crippen LogP contribution in [-0.4, -0.2) is 25.2 Å². The van der Waals surface area contributed by atoms with Gasteiger partial charge in [-0.25, -0.2) is 9.59 Å². The third kappa shape index (κ3) is 5.95. The van der Waals surface area contributed by atoms with Crippen LogP contribution in [0.15, 0.2) is 96.2 Å². The zero-order valence-corrected chi connectivity index (χ0v) is 18.8. The van der Waals surface area contributed by atoms with Crippen LogP contribution in [0.1, 0.15) is 24.1 Å². The summed E-state index contributed by atoms with van der Waals surface area (Å²) in [5.74, 6) is 0.875. The zero-order valence-electron chi connectivity index (χ0n) is 18.8. The lowest BCUT2D eigenvalue weighted by molar-refractivity contribution is -0.140. The number of esters is 1. The first-order valence-corrected chi connectivity index (χ1v) is 11.0. The summed E-state index contributed by atoms with van der Waals surface area (Å²) in [6, 6.07) is 25.5. The van der Waals surface area contributed by atoms with Crippen LogP contribution in [-0.2, 0) is 16.1 Å². The van der Waals surface area contributed by atoms with E-state index in [2.05, 4.69) is 10.6 Å². The maximum Gasteiger partial charge on any atom is 0.338 e. The van der Waals surface area contributed by atoms with Gasteiger partial charge in [-0.1, -0.05) is 60.7 Å². The lowest BCUT2D eigenvalue weighted by Crippen LogP contribution is -2.45. The number of nitrogens with one attached hydrogen (secondary N) is 2. The molecule has 2 N–H and O–H groups in total. The summed E-state index contributed by atoms with van der Waals surface area (Å²) in [6.45, 7) is 2.43. The number of rotatable bonds is 9. The summed E-state index contributed by atoms with van der Waals surface area (Å²) in [5, 5.41) is 5.46. The highest BCUT2D eigenvalue weighted by molar-refractivity contribution is 5.95. The standard InChI is InChI=1S/C27H26N2O5/c1-19-24(26(30)33-17-16-32-22-10-6-3-7-11-22)25(29-27(31)28-19)21-12-14-23(15-13-21)34-18-20-8-4-2-5-9-20/h2-15,25H,16-18H2,1H3,(H2,28,29,31)/t25-/m0/s1. The van der Waals surface area contributed by atoms with Crippen molar-refractivity contribution in [1.29, 1.82) is 0 Å². The molecule has 174 valence electrons. The summed E-state index contributed by atoms with van der Waals surface area (Å²) in [6.07, 6.45) is 0. The van der Waals surface area contributed by atoms with Crippen LogP contribution in [0, 0.1) is 0 Å². The Morgan fingerprint density at radius 1 is 0.824 bits per heavy atom. The van der Waals surface area contributed by atoms with Gasteiger partial charge in [0.15, 0.2) is 0 Å². The van der Waals surface area contributed by atoms with Gasteiger partial charge in [0.1, 0.15) is 31.3 Å². The third-order valence-corrected chi connectivity index (χ3v) is 5.28. The van der Waals surface area contributed by atoms with Gasteiger partial charge < -0.3 is 24.8 Å². The van der Waals surface area contributed by atoms with Gasteiger partial charge in [-0.2, -0.15) is 0 Å². The molecule has 0 aliphatic carbocycles. The third-order valence-electron chi connectivity index (χ3n) is 5.28. The predicted octanol–water partition coefficient (Wildman–Crippen LogP) is 4.52. The van der Waals surface area contributed by atoms with Crippen LogP contribution in [0.2, 0.25) is 0 Å². The molecule has 1 atom stereocenters. The van der Waals surface area contributed by atoms with E-state index in [-0.39, 0.29) is 19.2 Å². The van der Waals surface area contributed by atoms with Crippen molar-refractivity contribution in [2.24, 2.45) is 0 Å². The van der Waals surface area contributed by atoms with Crippen molar-refractivity contribution in [3.05, 3.63) is 107 Å². The van der Waals surface area contributed by atoms with Crippen LogP contribution in [0.4, 0.5) is 4.79 Å². The first kappa shape index (κ1) is 22.9. The van der Waals surface area contributed by atoms with E-state index in [1.165, 1.54) is 0 Å². The molecule has 7 nitrogen and oxygen atoms in total. The number of carbonyl (C=O) groups excluding carboxylic acids is 2. The van der Waals surface area contributed by atoms with E-state index in [1.54, 1.807) is 6.92 Å². The van der Waals surface area contributed by atoms with Crippen LogP contribution in [0.3, 0.4) is 0 Å². The molecule has 0 spiro atoms. The molecule has 2 amide bonds. The number of carbonyl (C=O) groups is 2. The Morgan fingerprint density at radius 2 is 1.47 bits per heavy atom. The van der Waals surface area contributed by atoms with E-state index in [0.29, 0.717) is 29.4 Å². The molecule has 0 bridgehead atoms. The van der Waals surface area contributed by atoms with E-state index in [0.717, 1.165) is 11.1 Å². The van der Waals surface area contributed by atoms with Crippen LogP contribution in [0.25, 0.3) is 0 Å². The van der Waals surface area contributed by atoms with Gasteiger partial charge in [0.25, 0.3) is 0 Å². The molecule has 0 fully saturated rings. The Balaban J connectivity index is 1.39. The van der Waals surface area contributed by atoms with E-state index < -0.39 is 12.0 Å². The first-order valence-electron chi connectivity index (χ1n) is 11.0. The molecule has 0 saturated carbocycles. The SMILES string of the molecule is CC1=C(C(=O)OCCOc2ccccc2)[C@H](c2ccc(OCc3ccccc3)cc2)NC(=O)N1. The minimum atomic E-state index is -0.639. The summed E-state index contributed by atoms with van der Waals surface area (Å²) in [5.41, 5.74) is 2.61. The van der Waals surface area contributed by atoms with Crippen molar-refractivity contribution in [2.45, 2.75) is 19.6 Å². The quantitative estimate of drug-likeness (QED) is 0.364. The predicted molar refractivity (Wildman–Crippen MR) is 127 cm³/mol. The van der Waals surface area contributed by atoms with Gasteiger partial charge in [-0.15, -0.1) is 0 Å². The average molecular weight is 459 g/mol. The van der Waals surface area contributed by atoms with E-state index in [4.69, 9.17) is 14.2 Å². The second-order valence-corrected chi connectivity index (χ2v) is 7.71. The number of amides is 2. The first-order chi connectivity index (χ1) is 16.6. The van der Waals surface area contributed by atoms with Gasteiger partial charge in [0, 0.05) is 5.70 Å². The Morgan fingerprint density at radius 3 is 2.18 bits per heavy atom. The number of hydrogen-bond acceptors (Lipinski definition) is 5. The lowest BCUT2D eigenvalue weighted by atomic mass is 9.95. The molecule has 0 saturated heterocycles. The molecular weight excluding hydrogens is 432 g/mol. The minimum absolute atomic E-state index is 0.0808. The monoisotopic (exact) mass is 458 g/mol. The Labute approximate surface area is 198 Å². The molecule has 1 aliphatic heterocycles. The number of ether oxygens (including phenoxy) is 3. The Bertz CT molecular complexity index is 1140. The van der Waals surface area contributed by atoms with Gasteiger partial charge in [-0.05, 0) is 42.3 Å². The van der Waals surface area contributed by atoms with E-state index in [1.807, 2.05) is 84.9 Å². The maximum absolute atomic E-state index is 12.9. The van der Waals surface area contributed by atoms with Gasteiger partial charge in [-0.3, -0.25) is 0 Å². The second-order valence-electron chi connectivity index (χ2n) is 7.71. The van der Waals surface area contributed by atoms with Crippen molar-refractivity contribution in [1.82, 2.24) is 10.6 Å².